The van der Waals surface area contributed by atoms with Gasteiger partial charge in [0.05, 0.1) is 5.56 Å². The van der Waals surface area contributed by atoms with Gasteiger partial charge in [-0.15, -0.1) is 0 Å². The third kappa shape index (κ3) is 1.44. The molecule has 0 radical (unpaired) electrons. The molecule has 13 heavy (non-hydrogen) atoms. The van der Waals surface area contributed by atoms with Gasteiger partial charge in [0.25, 0.3) is 0 Å². The predicted molar refractivity (Wildman–Crippen MR) is 42.1 cm³/mol. The first-order valence-electron chi connectivity index (χ1n) is 3.31. The molecule has 5 nitrogen and oxygen atoms in total. The second-order valence-electron chi connectivity index (χ2n) is 2.32. The highest BCUT2D eigenvalue weighted by Crippen LogP contribution is 2.27. The highest BCUT2D eigenvalue weighted by Gasteiger charge is 2.17. The molecule has 0 aliphatic heterocycles. The van der Waals surface area contributed by atoms with Crippen molar-refractivity contribution in [2.24, 2.45) is 0 Å². The average Bonchev–Trinajstić information content (AvgIpc) is 2.07. The second kappa shape index (κ2) is 3.14. The molecule has 0 aromatic heterocycles. The van der Waals surface area contributed by atoms with E-state index in [1.165, 1.54) is 0 Å². The summed E-state index contributed by atoms with van der Waals surface area (Å²) in [6.07, 6.45) is 0.179. The number of hydrogen-bond acceptors (Lipinski definition) is 4. The Hall–Kier alpha value is -2.04. The van der Waals surface area contributed by atoms with E-state index in [-0.39, 0.29) is 6.29 Å². The molecule has 0 saturated heterocycles. The van der Waals surface area contributed by atoms with E-state index in [4.69, 9.17) is 15.3 Å². The summed E-state index contributed by atoms with van der Waals surface area (Å²) in [5.41, 5.74) is -1.01. The number of carboxylic acids is 1. The van der Waals surface area contributed by atoms with Gasteiger partial charge in [0.15, 0.2) is 6.29 Å². The minimum Gasteiger partial charge on any atom is -0.507 e. The number of carbonyl (C=O) groups excluding carboxylic acids is 1. The van der Waals surface area contributed by atoms with Crippen LogP contribution in [0.3, 0.4) is 0 Å². The van der Waals surface area contributed by atoms with Crippen LogP contribution in [0.2, 0.25) is 0 Å². The number of phenolic OH excluding ortho intramolecular Hbond substituents is 1. The molecule has 0 amide bonds. The lowest BCUT2D eigenvalue weighted by molar-refractivity contribution is 0.0690. The van der Waals surface area contributed by atoms with E-state index in [1.807, 2.05) is 0 Å². The fraction of sp³-hybridized carbons (Fsp3) is 0. The molecule has 68 valence electrons. The highest BCUT2D eigenvalue weighted by atomic mass is 16.4. The maximum atomic E-state index is 10.5. The molecule has 0 saturated carbocycles. The average molecular weight is 182 g/mol. The van der Waals surface area contributed by atoms with Crippen molar-refractivity contribution < 1.29 is 24.9 Å². The minimum absolute atomic E-state index is 0.179. The van der Waals surface area contributed by atoms with Crippen LogP contribution >= 0.6 is 0 Å². The van der Waals surface area contributed by atoms with Crippen LogP contribution in [-0.4, -0.2) is 27.6 Å². The number of rotatable bonds is 2. The van der Waals surface area contributed by atoms with Crippen LogP contribution < -0.4 is 0 Å². The largest absolute Gasteiger partial charge is 0.507 e. The molecule has 0 heterocycles. The van der Waals surface area contributed by atoms with Crippen molar-refractivity contribution in [1.82, 2.24) is 0 Å². The summed E-state index contributed by atoms with van der Waals surface area (Å²) < 4.78 is 0. The van der Waals surface area contributed by atoms with Gasteiger partial charge in [0.2, 0.25) is 0 Å². The van der Waals surface area contributed by atoms with Gasteiger partial charge in [-0.05, 0) is 12.1 Å². The van der Waals surface area contributed by atoms with Crippen molar-refractivity contribution in [3.05, 3.63) is 23.3 Å². The van der Waals surface area contributed by atoms with Gasteiger partial charge < -0.3 is 15.3 Å². The van der Waals surface area contributed by atoms with Crippen LogP contribution in [0.5, 0.6) is 11.5 Å². The number of hydrogen-bond donors (Lipinski definition) is 3. The Morgan fingerprint density at radius 2 is 1.77 bits per heavy atom. The fourth-order valence-electron chi connectivity index (χ4n) is 0.941. The van der Waals surface area contributed by atoms with Crippen LogP contribution in [0.4, 0.5) is 0 Å². The first-order chi connectivity index (χ1) is 6.07. The minimum atomic E-state index is -1.46. The Morgan fingerprint density at radius 1 is 1.23 bits per heavy atom. The van der Waals surface area contributed by atoms with Crippen LogP contribution in [0.1, 0.15) is 20.7 Å². The van der Waals surface area contributed by atoms with Crippen LogP contribution in [0.25, 0.3) is 0 Å². The summed E-state index contributed by atoms with van der Waals surface area (Å²) in [4.78, 5) is 20.9. The van der Waals surface area contributed by atoms with Gasteiger partial charge in [0, 0.05) is 0 Å². The van der Waals surface area contributed by atoms with Crippen molar-refractivity contribution >= 4 is 12.3 Å². The van der Waals surface area contributed by atoms with E-state index >= 15 is 0 Å². The Labute approximate surface area is 72.9 Å². The summed E-state index contributed by atoms with van der Waals surface area (Å²) in [5.74, 6) is -2.48. The molecule has 0 fully saturated rings. The summed E-state index contributed by atoms with van der Waals surface area (Å²) in [5, 5.41) is 26.7. The van der Waals surface area contributed by atoms with Crippen molar-refractivity contribution in [1.29, 1.82) is 0 Å². The first kappa shape index (κ1) is 9.05. The van der Waals surface area contributed by atoms with Gasteiger partial charge in [0.1, 0.15) is 17.1 Å². The third-order valence-corrected chi connectivity index (χ3v) is 1.53. The third-order valence-electron chi connectivity index (χ3n) is 1.53. The Bertz CT molecular complexity index is 369. The molecule has 0 atom stereocenters. The van der Waals surface area contributed by atoms with Gasteiger partial charge in [-0.2, -0.15) is 0 Å². The Kier molecular flexibility index (Phi) is 2.19. The molecule has 0 aliphatic carbocycles. The molecule has 0 unspecified atom stereocenters. The smallest absolute Gasteiger partial charge is 0.340 e. The van der Waals surface area contributed by atoms with Gasteiger partial charge >= 0.3 is 5.97 Å². The van der Waals surface area contributed by atoms with Crippen LogP contribution in [0.15, 0.2) is 12.1 Å². The molecule has 1 rings (SSSR count). The monoisotopic (exact) mass is 182 g/mol. The SMILES string of the molecule is O=Cc1c(O)ccc(O)c1C(=O)O. The lowest BCUT2D eigenvalue weighted by Gasteiger charge is -2.03. The predicted octanol–water partition coefficient (Wildman–Crippen LogP) is 0.609. The maximum Gasteiger partial charge on any atom is 0.340 e. The van der Waals surface area contributed by atoms with E-state index in [0.29, 0.717) is 0 Å². The molecular weight excluding hydrogens is 176 g/mol. The second-order valence-corrected chi connectivity index (χ2v) is 2.32. The zero-order valence-electron chi connectivity index (χ0n) is 6.39. The van der Waals surface area contributed by atoms with Crippen LogP contribution in [-0.2, 0) is 0 Å². The van der Waals surface area contributed by atoms with Gasteiger partial charge in [-0.1, -0.05) is 0 Å². The van der Waals surface area contributed by atoms with E-state index in [0.717, 1.165) is 12.1 Å². The molecule has 0 spiro atoms. The van der Waals surface area contributed by atoms with E-state index < -0.39 is 28.6 Å². The number of carbonyl (C=O) groups is 2. The number of benzene rings is 1. The number of phenols is 2. The normalized spacial score (nSPS) is 9.54. The standard InChI is InChI=1S/C8H6O5/c9-3-4-5(10)1-2-6(11)7(4)8(12)13/h1-3,10-11H,(H,12,13). The summed E-state index contributed by atoms with van der Waals surface area (Å²) in [6, 6.07) is 2.05. The number of carboxylic acid groups (broad SMARTS) is 1. The van der Waals surface area contributed by atoms with Gasteiger partial charge in [-0.25, -0.2) is 4.79 Å². The Morgan fingerprint density at radius 3 is 2.15 bits per heavy atom. The number of aromatic hydroxyl groups is 2. The zero-order chi connectivity index (χ0) is 10.0. The molecule has 5 heteroatoms. The molecule has 0 bridgehead atoms. The van der Waals surface area contributed by atoms with Crippen molar-refractivity contribution in [3.63, 3.8) is 0 Å². The molecule has 1 aromatic carbocycles. The highest BCUT2D eigenvalue weighted by molar-refractivity contribution is 6.01. The van der Waals surface area contributed by atoms with Crippen molar-refractivity contribution in [2.75, 3.05) is 0 Å². The zero-order valence-corrected chi connectivity index (χ0v) is 6.39. The maximum absolute atomic E-state index is 10.5. The number of aldehydes is 1. The lowest BCUT2D eigenvalue weighted by Crippen LogP contribution is -2.02. The molecular formula is C8H6O5. The molecule has 3 N–H and O–H groups in total. The summed E-state index contributed by atoms with van der Waals surface area (Å²) in [7, 11) is 0. The topological polar surface area (TPSA) is 94.8 Å². The fourth-order valence-corrected chi connectivity index (χ4v) is 0.941. The molecule has 0 aliphatic rings. The van der Waals surface area contributed by atoms with Crippen molar-refractivity contribution in [2.45, 2.75) is 0 Å². The first-order valence-corrected chi connectivity index (χ1v) is 3.31. The lowest BCUT2D eigenvalue weighted by atomic mass is 10.1. The van der Waals surface area contributed by atoms with Crippen LogP contribution in [0, 0.1) is 0 Å². The van der Waals surface area contributed by atoms with E-state index in [2.05, 4.69) is 0 Å². The van der Waals surface area contributed by atoms with Gasteiger partial charge in [-0.3, -0.25) is 4.79 Å². The van der Waals surface area contributed by atoms with E-state index in [1.54, 1.807) is 0 Å². The summed E-state index contributed by atoms with van der Waals surface area (Å²) in [6.45, 7) is 0. The summed E-state index contributed by atoms with van der Waals surface area (Å²) >= 11 is 0. The molecule has 1 aromatic rings. The van der Waals surface area contributed by atoms with E-state index in [9.17, 15) is 9.59 Å². The Balaban J connectivity index is 3.52. The quantitative estimate of drug-likeness (QED) is 0.460. The number of aromatic carboxylic acids is 1. The van der Waals surface area contributed by atoms with Crippen molar-refractivity contribution in [3.8, 4) is 11.5 Å².